The van der Waals surface area contributed by atoms with E-state index in [9.17, 15) is 4.79 Å². The van der Waals surface area contributed by atoms with E-state index in [1.54, 1.807) is 12.3 Å². The fourth-order valence-corrected chi connectivity index (χ4v) is 2.42. The molecule has 0 radical (unpaired) electrons. The lowest BCUT2D eigenvalue weighted by Crippen LogP contribution is -1.96. The van der Waals surface area contributed by atoms with E-state index in [-0.39, 0.29) is 5.78 Å². The predicted molar refractivity (Wildman–Crippen MR) is 100 cm³/mol. The number of anilines is 1. The van der Waals surface area contributed by atoms with Gasteiger partial charge in [-0.15, -0.1) is 0 Å². The van der Waals surface area contributed by atoms with Gasteiger partial charge in [0.2, 0.25) is 0 Å². The van der Waals surface area contributed by atoms with Crippen LogP contribution in [0, 0.1) is 6.92 Å². The number of hydrogen-bond acceptors (Lipinski definition) is 2. The summed E-state index contributed by atoms with van der Waals surface area (Å²) in [6.45, 7) is 2.04. The predicted octanol–water partition coefficient (Wildman–Crippen LogP) is 5.47. The van der Waals surface area contributed by atoms with Crippen molar-refractivity contribution in [3.05, 3.63) is 102 Å². The molecule has 0 amide bonds. The highest BCUT2D eigenvalue weighted by Crippen LogP contribution is 2.19. The summed E-state index contributed by atoms with van der Waals surface area (Å²) in [7, 11) is 0. The smallest absolute Gasteiger partial charge is 0.187 e. The SMILES string of the molecule is Cc1ccc(N/C=C/C(=O)c2ccc(-c3ccccc3)cc2)cc1. The van der Waals surface area contributed by atoms with Crippen LogP contribution in [0.25, 0.3) is 11.1 Å². The van der Waals surface area contributed by atoms with Crippen molar-refractivity contribution < 1.29 is 4.79 Å². The maximum atomic E-state index is 12.2. The maximum absolute atomic E-state index is 12.2. The summed E-state index contributed by atoms with van der Waals surface area (Å²) >= 11 is 0. The second kappa shape index (κ2) is 7.42. The van der Waals surface area contributed by atoms with E-state index < -0.39 is 0 Å². The fraction of sp³-hybridized carbons (Fsp3) is 0.0455. The molecular formula is C22H19NO. The minimum atomic E-state index is -0.0192. The Balaban J connectivity index is 1.64. The van der Waals surface area contributed by atoms with Crippen LogP contribution in [-0.4, -0.2) is 5.78 Å². The number of benzene rings is 3. The van der Waals surface area contributed by atoms with Crippen molar-refractivity contribution in [2.75, 3.05) is 5.32 Å². The largest absolute Gasteiger partial charge is 0.362 e. The Hall–Kier alpha value is -3.13. The average Bonchev–Trinajstić information content (AvgIpc) is 2.64. The zero-order valence-electron chi connectivity index (χ0n) is 13.6. The van der Waals surface area contributed by atoms with Gasteiger partial charge in [-0.05, 0) is 30.2 Å². The Morgan fingerprint density at radius 3 is 2.08 bits per heavy atom. The summed E-state index contributed by atoms with van der Waals surface area (Å²) in [4.78, 5) is 12.2. The van der Waals surface area contributed by atoms with Gasteiger partial charge in [-0.1, -0.05) is 72.3 Å². The number of aryl methyl sites for hydroxylation is 1. The minimum absolute atomic E-state index is 0.0192. The highest BCUT2D eigenvalue weighted by molar-refractivity contribution is 6.04. The van der Waals surface area contributed by atoms with E-state index in [1.165, 1.54) is 5.56 Å². The van der Waals surface area contributed by atoms with Crippen molar-refractivity contribution >= 4 is 11.5 Å². The van der Waals surface area contributed by atoms with E-state index in [0.29, 0.717) is 5.56 Å². The van der Waals surface area contributed by atoms with Gasteiger partial charge < -0.3 is 5.32 Å². The monoisotopic (exact) mass is 313 g/mol. The molecular weight excluding hydrogens is 294 g/mol. The highest BCUT2D eigenvalue weighted by Gasteiger charge is 2.02. The molecule has 0 saturated carbocycles. The number of rotatable bonds is 5. The fourth-order valence-electron chi connectivity index (χ4n) is 2.42. The summed E-state index contributed by atoms with van der Waals surface area (Å²) in [5.41, 5.74) is 5.10. The molecule has 24 heavy (non-hydrogen) atoms. The molecule has 0 bridgehead atoms. The Kier molecular flexibility index (Phi) is 4.87. The molecule has 2 nitrogen and oxygen atoms in total. The van der Waals surface area contributed by atoms with Gasteiger partial charge in [0.15, 0.2) is 5.78 Å². The molecule has 0 aliphatic heterocycles. The number of nitrogens with one attached hydrogen (secondary N) is 1. The Labute approximate surface area is 142 Å². The molecule has 0 unspecified atom stereocenters. The number of carbonyl (C=O) groups is 1. The van der Waals surface area contributed by atoms with Crippen molar-refractivity contribution in [2.45, 2.75) is 6.92 Å². The highest BCUT2D eigenvalue weighted by atomic mass is 16.1. The number of carbonyl (C=O) groups excluding carboxylic acids is 1. The van der Waals surface area contributed by atoms with Gasteiger partial charge in [0.05, 0.1) is 0 Å². The van der Waals surface area contributed by atoms with E-state index in [0.717, 1.165) is 16.8 Å². The lowest BCUT2D eigenvalue weighted by Gasteiger charge is -2.03. The summed E-state index contributed by atoms with van der Waals surface area (Å²) in [5.74, 6) is -0.0192. The summed E-state index contributed by atoms with van der Waals surface area (Å²) in [6.07, 6.45) is 3.23. The summed E-state index contributed by atoms with van der Waals surface area (Å²) in [5, 5.41) is 3.11. The molecule has 0 aliphatic carbocycles. The first-order valence-electron chi connectivity index (χ1n) is 7.92. The van der Waals surface area contributed by atoms with Gasteiger partial charge in [0, 0.05) is 23.5 Å². The van der Waals surface area contributed by atoms with Gasteiger partial charge in [-0.3, -0.25) is 4.79 Å². The van der Waals surface area contributed by atoms with Crippen LogP contribution in [0.3, 0.4) is 0 Å². The van der Waals surface area contributed by atoms with E-state index >= 15 is 0 Å². The van der Waals surface area contributed by atoms with Crippen LogP contribution in [0.4, 0.5) is 5.69 Å². The van der Waals surface area contributed by atoms with E-state index in [2.05, 4.69) is 17.4 Å². The molecule has 118 valence electrons. The Morgan fingerprint density at radius 1 is 0.792 bits per heavy atom. The zero-order chi connectivity index (χ0) is 16.8. The first-order chi connectivity index (χ1) is 11.7. The van der Waals surface area contributed by atoms with Crippen LogP contribution < -0.4 is 5.32 Å². The maximum Gasteiger partial charge on any atom is 0.187 e. The third-order valence-electron chi connectivity index (χ3n) is 3.81. The normalized spacial score (nSPS) is 10.7. The summed E-state index contributed by atoms with van der Waals surface area (Å²) < 4.78 is 0. The number of ketones is 1. The Morgan fingerprint density at radius 2 is 1.42 bits per heavy atom. The van der Waals surface area contributed by atoms with Crippen molar-refractivity contribution in [3.8, 4) is 11.1 Å². The molecule has 0 saturated heterocycles. The van der Waals surface area contributed by atoms with Gasteiger partial charge >= 0.3 is 0 Å². The van der Waals surface area contributed by atoms with E-state index in [1.807, 2.05) is 73.7 Å². The quantitative estimate of drug-likeness (QED) is 0.500. The average molecular weight is 313 g/mol. The second-order valence-corrected chi connectivity index (χ2v) is 5.65. The molecule has 0 spiro atoms. The van der Waals surface area contributed by atoms with Crippen LogP contribution in [0.5, 0.6) is 0 Å². The lowest BCUT2D eigenvalue weighted by molar-refractivity contribution is 0.104. The van der Waals surface area contributed by atoms with Crippen LogP contribution in [0.2, 0.25) is 0 Å². The molecule has 0 fully saturated rings. The van der Waals surface area contributed by atoms with E-state index in [4.69, 9.17) is 0 Å². The molecule has 3 rings (SSSR count). The van der Waals surface area contributed by atoms with Crippen molar-refractivity contribution in [1.29, 1.82) is 0 Å². The standard InChI is InChI=1S/C22H19NO/c1-17-7-13-21(14-8-17)23-16-15-22(24)20-11-9-19(10-12-20)18-5-3-2-4-6-18/h2-16,23H,1H3/b16-15+. The number of hydrogen-bond donors (Lipinski definition) is 1. The molecule has 3 aromatic carbocycles. The topological polar surface area (TPSA) is 29.1 Å². The minimum Gasteiger partial charge on any atom is -0.362 e. The molecule has 3 aromatic rings. The van der Waals surface area contributed by atoms with Crippen molar-refractivity contribution in [3.63, 3.8) is 0 Å². The zero-order valence-corrected chi connectivity index (χ0v) is 13.6. The Bertz CT molecular complexity index is 831. The first-order valence-corrected chi connectivity index (χ1v) is 7.92. The molecule has 0 atom stereocenters. The van der Waals surface area contributed by atoms with Crippen molar-refractivity contribution in [2.24, 2.45) is 0 Å². The molecule has 0 aliphatic rings. The second-order valence-electron chi connectivity index (χ2n) is 5.65. The van der Waals surface area contributed by atoms with Gasteiger partial charge in [0.1, 0.15) is 0 Å². The van der Waals surface area contributed by atoms with Gasteiger partial charge in [-0.25, -0.2) is 0 Å². The van der Waals surface area contributed by atoms with Crippen LogP contribution >= 0.6 is 0 Å². The molecule has 0 heterocycles. The third kappa shape index (κ3) is 3.99. The van der Waals surface area contributed by atoms with Crippen LogP contribution in [0.15, 0.2) is 91.1 Å². The van der Waals surface area contributed by atoms with Crippen LogP contribution in [-0.2, 0) is 0 Å². The summed E-state index contributed by atoms with van der Waals surface area (Å²) in [6, 6.07) is 25.8. The van der Waals surface area contributed by atoms with Gasteiger partial charge in [-0.2, -0.15) is 0 Å². The molecule has 0 aromatic heterocycles. The van der Waals surface area contributed by atoms with Crippen LogP contribution in [0.1, 0.15) is 15.9 Å². The third-order valence-corrected chi connectivity index (χ3v) is 3.81. The van der Waals surface area contributed by atoms with Gasteiger partial charge in [0.25, 0.3) is 0 Å². The molecule has 1 N–H and O–H groups in total. The molecule has 2 heteroatoms. The number of allylic oxidation sites excluding steroid dienone is 1. The first kappa shape index (κ1) is 15.8. The van der Waals surface area contributed by atoms with Crippen molar-refractivity contribution in [1.82, 2.24) is 0 Å². The lowest BCUT2D eigenvalue weighted by atomic mass is 10.0.